The van der Waals surface area contributed by atoms with Crippen LogP contribution in [-0.2, 0) is 6.42 Å². The number of benzene rings is 1. The SMILES string of the molecule is Oc1cccc(CC(O)c2cccnc2)c1. The van der Waals surface area contributed by atoms with Crippen molar-refractivity contribution in [3.63, 3.8) is 0 Å². The highest BCUT2D eigenvalue weighted by atomic mass is 16.3. The second kappa shape index (κ2) is 4.77. The Morgan fingerprint density at radius 2 is 2.06 bits per heavy atom. The minimum Gasteiger partial charge on any atom is -0.508 e. The van der Waals surface area contributed by atoms with E-state index in [1.165, 1.54) is 0 Å². The molecular formula is C13H13NO2. The number of hydrogen-bond acceptors (Lipinski definition) is 3. The van der Waals surface area contributed by atoms with Crippen molar-refractivity contribution in [2.24, 2.45) is 0 Å². The molecule has 0 aliphatic rings. The predicted molar refractivity (Wildman–Crippen MR) is 61.0 cm³/mol. The molecule has 0 aliphatic heterocycles. The number of rotatable bonds is 3. The van der Waals surface area contributed by atoms with Crippen LogP contribution in [0.5, 0.6) is 5.75 Å². The van der Waals surface area contributed by atoms with Crippen LogP contribution in [0.3, 0.4) is 0 Å². The summed E-state index contributed by atoms with van der Waals surface area (Å²) in [4.78, 5) is 3.96. The average Bonchev–Trinajstić information content (AvgIpc) is 2.30. The van der Waals surface area contributed by atoms with Crippen molar-refractivity contribution < 1.29 is 10.2 Å². The van der Waals surface area contributed by atoms with Crippen LogP contribution in [0.2, 0.25) is 0 Å². The Bertz CT molecular complexity index is 456. The molecule has 2 N–H and O–H groups in total. The highest BCUT2D eigenvalue weighted by Crippen LogP contribution is 2.19. The lowest BCUT2D eigenvalue weighted by Gasteiger charge is -2.10. The molecule has 0 fully saturated rings. The van der Waals surface area contributed by atoms with E-state index in [1.54, 1.807) is 36.7 Å². The molecule has 3 heteroatoms. The van der Waals surface area contributed by atoms with Crippen molar-refractivity contribution in [2.75, 3.05) is 0 Å². The Morgan fingerprint density at radius 3 is 2.75 bits per heavy atom. The quantitative estimate of drug-likeness (QED) is 0.824. The van der Waals surface area contributed by atoms with E-state index >= 15 is 0 Å². The lowest BCUT2D eigenvalue weighted by Crippen LogP contribution is -2.01. The van der Waals surface area contributed by atoms with Crippen molar-refractivity contribution in [1.82, 2.24) is 4.98 Å². The fourth-order valence-electron chi connectivity index (χ4n) is 1.60. The molecule has 1 aromatic carbocycles. The zero-order valence-corrected chi connectivity index (χ0v) is 8.74. The van der Waals surface area contributed by atoms with E-state index in [4.69, 9.17) is 0 Å². The van der Waals surface area contributed by atoms with Gasteiger partial charge in [0, 0.05) is 18.8 Å². The van der Waals surface area contributed by atoms with Crippen molar-refractivity contribution in [1.29, 1.82) is 0 Å². The normalized spacial score (nSPS) is 12.3. The molecule has 1 atom stereocenters. The zero-order chi connectivity index (χ0) is 11.4. The summed E-state index contributed by atoms with van der Waals surface area (Å²) in [5, 5.41) is 19.2. The van der Waals surface area contributed by atoms with Gasteiger partial charge in [0.15, 0.2) is 0 Å². The fraction of sp³-hybridized carbons (Fsp3) is 0.154. The van der Waals surface area contributed by atoms with E-state index in [0.717, 1.165) is 11.1 Å². The molecule has 1 heterocycles. The van der Waals surface area contributed by atoms with Gasteiger partial charge in [-0.1, -0.05) is 18.2 Å². The maximum absolute atomic E-state index is 9.94. The molecule has 0 spiro atoms. The largest absolute Gasteiger partial charge is 0.508 e. The average molecular weight is 215 g/mol. The van der Waals surface area contributed by atoms with Crippen molar-refractivity contribution >= 4 is 0 Å². The van der Waals surface area contributed by atoms with Gasteiger partial charge in [-0.15, -0.1) is 0 Å². The van der Waals surface area contributed by atoms with Gasteiger partial charge >= 0.3 is 0 Å². The van der Waals surface area contributed by atoms with E-state index in [-0.39, 0.29) is 5.75 Å². The molecule has 2 rings (SSSR count). The Kier molecular flexibility index (Phi) is 3.17. The summed E-state index contributed by atoms with van der Waals surface area (Å²) >= 11 is 0. The van der Waals surface area contributed by atoms with E-state index in [9.17, 15) is 10.2 Å². The summed E-state index contributed by atoms with van der Waals surface area (Å²) in [6, 6.07) is 10.5. The number of phenolic OH excluding ortho intramolecular Hbond substituents is 1. The van der Waals surface area contributed by atoms with Gasteiger partial charge in [0.1, 0.15) is 5.75 Å². The number of aliphatic hydroxyl groups is 1. The van der Waals surface area contributed by atoms with Crippen LogP contribution in [-0.4, -0.2) is 15.2 Å². The fourth-order valence-corrected chi connectivity index (χ4v) is 1.60. The summed E-state index contributed by atoms with van der Waals surface area (Å²) in [6.45, 7) is 0. The number of aliphatic hydroxyl groups excluding tert-OH is 1. The first-order valence-corrected chi connectivity index (χ1v) is 5.11. The van der Waals surface area contributed by atoms with Gasteiger partial charge in [-0.3, -0.25) is 4.98 Å². The number of aromatic hydroxyl groups is 1. The first-order valence-electron chi connectivity index (χ1n) is 5.11. The third kappa shape index (κ3) is 2.58. The van der Waals surface area contributed by atoms with Crippen LogP contribution in [0.1, 0.15) is 17.2 Å². The summed E-state index contributed by atoms with van der Waals surface area (Å²) < 4.78 is 0. The molecule has 1 aromatic heterocycles. The van der Waals surface area contributed by atoms with Gasteiger partial charge in [0.2, 0.25) is 0 Å². The Balaban J connectivity index is 2.11. The summed E-state index contributed by atoms with van der Waals surface area (Å²) in [5.41, 5.74) is 1.68. The van der Waals surface area contributed by atoms with Crippen molar-refractivity contribution in [3.8, 4) is 5.75 Å². The second-order valence-electron chi connectivity index (χ2n) is 3.68. The number of aromatic nitrogens is 1. The Morgan fingerprint density at radius 1 is 1.19 bits per heavy atom. The van der Waals surface area contributed by atoms with Gasteiger partial charge < -0.3 is 10.2 Å². The third-order valence-corrected chi connectivity index (χ3v) is 2.41. The van der Waals surface area contributed by atoms with Gasteiger partial charge in [0.05, 0.1) is 6.10 Å². The second-order valence-corrected chi connectivity index (χ2v) is 3.68. The van der Waals surface area contributed by atoms with Crippen LogP contribution in [0.15, 0.2) is 48.8 Å². The first-order chi connectivity index (χ1) is 7.75. The molecule has 2 aromatic rings. The molecule has 0 bridgehead atoms. The molecule has 3 nitrogen and oxygen atoms in total. The van der Waals surface area contributed by atoms with E-state index in [1.807, 2.05) is 12.1 Å². The summed E-state index contributed by atoms with van der Waals surface area (Å²) in [7, 11) is 0. The smallest absolute Gasteiger partial charge is 0.115 e. The highest BCUT2D eigenvalue weighted by molar-refractivity contribution is 5.28. The topological polar surface area (TPSA) is 53.4 Å². The number of nitrogens with zero attached hydrogens (tertiary/aromatic N) is 1. The first kappa shape index (κ1) is 10.6. The molecular weight excluding hydrogens is 202 g/mol. The van der Waals surface area contributed by atoms with Crippen LogP contribution in [0, 0.1) is 0 Å². The molecule has 0 radical (unpaired) electrons. The standard InChI is InChI=1S/C13H13NO2/c15-12-5-1-3-10(7-12)8-13(16)11-4-2-6-14-9-11/h1-7,9,13,15-16H,8H2. The van der Waals surface area contributed by atoms with Gasteiger partial charge in [-0.05, 0) is 29.3 Å². The van der Waals surface area contributed by atoms with Crippen molar-refractivity contribution in [3.05, 3.63) is 59.9 Å². The maximum atomic E-state index is 9.94. The number of pyridine rings is 1. The van der Waals surface area contributed by atoms with Crippen LogP contribution in [0.4, 0.5) is 0 Å². The molecule has 0 saturated carbocycles. The molecule has 0 amide bonds. The summed E-state index contributed by atoms with van der Waals surface area (Å²) in [6.07, 6.45) is 3.20. The van der Waals surface area contributed by atoms with Crippen LogP contribution < -0.4 is 0 Å². The molecule has 1 unspecified atom stereocenters. The number of phenols is 1. The highest BCUT2D eigenvalue weighted by Gasteiger charge is 2.08. The van der Waals surface area contributed by atoms with Gasteiger partial charge in [0.25, 0.3) is 0 Å². The van der Waals surface area contributed by atoms with Crippen molar-refractivity contribution in [2.45, 2.75) is 12.5 Å². The third-order valence-electron chi connectivity index (χ3n) is 2.41. The zero-order valence-electron chi connectivity index (χ0n) is 8.74. The van der Waals surface area contributed by atoms with Crippen LogP contribution >= 0.6 is 0 Å². The molecule has 0 aliphatic carbocycles. The van der Waals surface area contributed by atoms with Gasteiger partial charge in [-0.2, -0.15) is 0 Å². The van der Waals surface area contributed by atoms with Crippen LogP contribution in [0.25, 0.3) is 0 Å². The Labute approximate surface area is 94.0 Å². The summed E-state index contributed by atoms with van der Waals surface area (Å²) in [5.74, 6) is 0.218. The minimum absolute atomic E-state index is 0.218. The van der Waals surface area contributed by atoms with E-state index in [2.05, 4.69) is 4.98 Å². The van der Waals surface area contributed by atoms with E-state index in [0.29, 0.717) is 6.42 Å². The minimum atomic E-state index is -0.588. The maximum Gasteiger partial charge on any atom is 0.115 e. The molecule has 0 saturated heterocycles. The molecule has 82 valence electrons. The predicted octanol–water partition coefficient (Wildman–Crippen LogP) is 2.06. The van der Waals surface area contributed by atoms with E-state index < -0.39 is 6.10 Å². The van der Waals surface area contributed by atoms with Gasteiger partial charge in [-0.25, -0.2) is 0 Å². The Hall–Kier alpha value is -1.87. The monoisotopic (exact) mass is 215 g/mol. The number of hydrogen-bond donors (Lipinski definition) is 2. The lowest BCUT2D eigenvalue weighted by atomic mass is 10.0. The molecule has 16 heavy (non-hydrogen) atoms. The lowest BCUT2D eigenvalue weighted by molar-refractivity contribution is 0.178.